The number of aliphatic hydroxyl groups is 1. The van der Waals surface area contributed by atoms with Gasteiger partial charge in [-0.3, -0.25) is 19.2 Å². The van der Waals surface area contributed by atoms with Crippen LogP contribution in [0.2, 0.25) is 0 Å². The second-order valence-electron chi connectivity index (χ2n) is 6.47. The van der Waals surface area contributed by atoms with Gasteiger partial charge < -0.3 is 32.1 Å². The molecular formula is C18H35N5O5. The zero-order chi connectivity index (χ0) is 21.4. The van der Waals surface area contributed by atoms with Crippen LogP contribution < -0.4 is 27.0 Å². The molecule has 2 atom stereocenters. The fourth-order valence-electron chi connectivity index (χ4n) is 2.22. The van der Waals surface area contributed by atoms with E-state index >= 15 is 0 Å². The van der Waals surface area contributed by atoms with E-state index in [2.05, 4.69) is 21.3 Å². The number of hydrogen-bond donors (Lipinski definition) is 6. The summed E-state index contributed by atoms with van der Waals surface area (Å²) in [6.45, 7) is 3.84. The van der Waals surface area contributed by atoms with E-state index in [4.69, 9.17) is 5.73 Å². The molecule has 0 aromatic carbocycles. The molecular weight excluding hydrogens is 366 g/mol. The average Bonchev–Trinajstić information content (AvgIpc) is 2.69. The first-order valence-corrected chi connectivity index (χ1v) is 9.83. The van der Waals surface area contributed by atoms with Crippen molar-refractivity contribution in [3.8, 4) is 0 Å². The van der Waals surface area contributed by atoms with Gasteiger partial charge in [0.25, 0.3) is 0 Å². The lowest BCUT2D eigenvalue weighted by Gasteiger charge is -2.16. The van der Waals surface area contributed by atoms with Crippen LogP contribution in [0.5, 0.6) is 0 Å². The molecule has 0 heterocycles. The van der Waals surface area contributed by atoms with Crippen molar-refractivity contribution in [2.75, 3.05) is 26.2 Å². The summed E-state index contributed by atoms with van der Waals surface area (Å²) in [6.07, 6.45) is 3.93. The maximum atomic E-state index is 12.0. The highest BCUT2D eigenvalue weighted by Crippen LogP contribution is 1.99. The summed E-state index contributed by atoms with van der Waals surface area (Å²) in [6, 6.07) is -1.66. The minimum atomic E-state index is -1.09. The number of amides is 4. The van der Waals surface area contributed by atoms with Crippen LogP contribution in [0.15, 0.2) is 0 Å². The normalized spacial score (nSPS) is 12.6. The molecule has 0 aliphatic carbocycles. The Kier molecular flexibility index (Phi) is 14.6. The molecule has 0 rings (SSSR count). The Balaban J connectivity index is 4.00. The number of nitrogens with one attached hydrogen (secondary N) is 4. The fraction of sp³-hybridized carbons (Fsp3) is 0.778. The van der Waals surface area contributed by atoms with E-state index in [0.717, 1.165) is 12.8 Å². The van der Waals surface area contributed by atoms with E-state index in [1.54, 1.807) is 6.92 Å². The summed E-state index contributed by atoms with van der Waals surface area (Å²) in [5.41, 5.74) is 5.82. The predicted octanol–water partition coefficient (Wildman–Crippen LogP) is -1.48. The third kappa shape index (κ3) is 12.2. The van der Waals surface area contributed by atoms with Crippen molar-refractivity contribution in [1.82, 2.24) is 21.3 Å². The van der Waals surface area contributed by atoms with E-state index in [0.29, 0.717) is 32.4 Å². The van der Waals surface area contributed by atoms with E-state index in [1.165, 1.54) is 0 Å². The predicted molar refractivity (Wildman–Crippen MR) is 105 cm³/mol. The number of nitrogens with two attached hydrogens (primary N) is 1. The van der Waals surface area contributed by atoms with Crippen molar-refractivity contribution in [3.05, 3.63) is 0 Å². The minimum Gasteiger partial charge on any atom is -0.394 e. The molecule has 162 valence electrons. The molecule has 10 heteroatoms. The monoisotopic (exact) mass is 401 g/mol. The van der Waals surface area contributed by atoms with Gasteiger partial charge in [-0.2, -0.15) is 0 Å². The van der Waals surface area contributed by atoms with Gasteiger partial charge in [0.2, 0.25) is 23.6 Å². The third-order valence-corrected chi connectivity index (χ3v) is 4.01. The second kappa shape index (κ2) is 15.8. The maximum Gasteiger partial charge on any atom is 0.244 e. The maximum absolute atomic E-state index is 12.0. The Morgan fingerprint density at radius 3 is 2.14 bits per heavy atom. The van der Waals surface area contributed by atoms with Crippen LogP contribution in [0.3, 0.4) is 0 Å². The Labute approximate surface area is 166 Å². The molecule has 0 saturated carbocycles. The first kappa shape index (κ1) is 25.8. The number of hydrogen-bond acceptors (Lipinski definition) is 6. The van der Waals surface area contributed by atoms with Gasteiger partial charge in [0.15, 0.2) is 0 Å². The molecule has 0 radical (unpaired) electrons. The summed E-state index contributed by atoms with van der Waals surface area (Å²) in [5, 5.41) is 19.4. The lowest BCUT2D eigenvalue weighted by Crippen LogP contribution is -2.51. The van der Waals surface area contributed by atoms with Gasteiger partial charge in [-0.05, 0) is 25.7 Å². The highest BCUT2D eigenvalue weighted by atomic mass is 16.3. The Bertz CT molecular complexity index is 501. The molecule has 0 aromatic heterocycles. The largest absolute Gasteiger partial charge is 0.394 e. The molecule has 0 bridgehead atoms. The smallest absolute Gasteiger partial charge is 0.244 e. The molecule has 0 aliphatic rings. The van der Waals surface area contributed by atoms with Gasteiger partial charge in [-0.25, -0.2) is 0 Å². The molecule has 2 unspecified atom stereocenters. The van der Waals surface area contributed by atoms with Crippen molar-refractivity contribution in [3.63, 3.8) is 0 Å². The number of carbonyl (C=O) groups is 4. The van der Waals surface area contributed by atoms with Crippen LogP contribution in [0.1, 0.15) is 52.4 Å². The van der Waals surface area contributed by atoms with Crippen molar-refractivity contribution < 1.29 is 24.3 Å². The number of carbonyl (C=O) groups excluding carboxylic acids is 4. The van der Waals surface area contributed by atoms with Crippen molar-refractivity contribution in [2.45, 2.75) is 64.5 Å². The first-order valence-electron chi connectivity index (χ1n) is 9.83. The Morgan fingerprint density at radius 2 is 1.54 bits per heavy atom. The van der Waals surface area contributed by atoms with Crippen LogP contribution in [-0.4, -0.2) is 67.1 Å². The summed E-state index contributed by atoms with van der Waals surface area (Å²) < 4.78 is 0. The fourth-order valence-corrected chi connectivity index (χ4v) is 2.22. The van der Waals surface area contributed by atoms with Gasteiger partial charge >= 0.3 is 0 Å². The summed E-state index contributed by atoms with van der Waals surface area (Å²) in [7, 11) is 0. The van der Waals surface area contributed by atoms with Crippen molar-refractivity contribution in [1.29, 1.82) is 0 Å². The van der Waals surface area contributed by atoms with Crippen LogP contribution in [0.25, 0.3) is 0 Å². The first-order chi connectivity index (χ1) is 13.3. The molecule has 28 heavy (non-hydrogen) atoms. The summed E-state index contributed by atoms with van der Waals surface area (Å²) in [4.78, 5) is 46.5. The van der Waals surface area contributed by atoms with Crippen LogP contribution in [0, 0.1) is 0 Å². The van der Waals surface area contributed by atoms with Gasteiger partial charge in [-0.15, -0.1) is 0 Å². The zero-order valence-electron chi connectivity index (χ0n) is 16.9. The molecule has 0 saturated heterocycles. The number of aliphatic hydroxyl groups excluding tert-OH is 1. The standard InChI is InChI=1S/C18H35N5O5/c1-3-5-9-20-17(27)13(19)8-6-7-10-21-18(28)14(12-24)23-16(26)11-22-15(25)4-2/h13-14,24H,3-12,19H2,1-2H3,(H,20,27)(H,21,28)(H,22,25)(H,23,26). The molecule has 7 N–H and O–H groups in total. The van der Waals surface area contributed by atoms with Crippen molar-refractivity contribution in [2.24, 2.45) is 5.73 Å². The third-order valence-electron chi connectivity index (χ3n) is 4.01. The van der Waals surface area contributed by atoms with Gasteiger partial charge in [-0.1, -0.05) is 20.3 Å². The van der Waals surface area contributed by atoms with Gasteiger partial charge in [0.1, 0.15) is 6.04 Å². The lowest BCUT2D eigenvalue weighted by atomic mass is 10.1. The average molecular weight is 402 g/mol. The molecule has 0 spiro atoms. The van der Waals surface area contributed by atoms with Gasteiger partial charge in [0.05, 0.1) is 19.2 Å². The molecule has 0 fully saturated rings. The summed E-state index contributed by atoms with van der Waals surface area (Å²) >= 11 is 0. The second-order valence-corrected chi connectivity index (χ2v) is 6.47. The highest BCUT2D eigenvalue weighted by Gasteiger charge is 2.19. The summed E-state index contributed by atoms with van der Waals surface area (Å²) in [5.74, 6) is -1.52. The Morgan fingerprint density at radius 1 is 0.893 bits per heavy atom. The molecule has 0 aliphatic heterocycles. The van der Waals surface area contributed by atoms with Crippen molar-refractivity contribution >= 4 is 23.6 Å². The van der Waals surface area contributed by atoms with Crippen LogP contribution in [0.4, 0.5) is 0 Å². The van der Waals surface area contributed by atoms with Gasteiger partial charge in [0, 0.05) is 19.5 Å². The van der Waals surface area contributed by atoms with Crippen LogP contribution in [-0.2, 0) is 19.2 Å². The molecule has 4 amide bonds. The SMILES string of the molecule is CCCCNC(=O)C(N)CCCCNC(=O)C(CO)NC(=O)CNC(=O)CC. The van der Waals surface area contributed by atoms with E-state index in [1.807, 2.05) is 6.92 Å². The number of unbranched alkanes of at least 4 members (excludes halogenated alkanes) is 2. The lowest BCUT2D eigenvalue weighted by molar-refractivity contribution is -0.130. The van der Waals surface area contributed by atoms with E-state index < -0.39 is 30.5 Å². The Hall–Kier alpha value is -2.20. The van der Waals surface area contributed by atoms with E-state index in [-0.39, 0.29) is 24.8 Å². The number of rotatable bonds is 15. The molecule has 0 aromatic rings. The topological polar surface area (TPSA) is 163 Å². The molecule has 10 nitrogen and oxygen atoms in total. The quantitative estimate of drug-likeness (QED) is 0.183. The highest BCUT2D eigenvalue weighted by molar-refractivity contribution is 5.90. The van der Waals surface area contributed by atoms with Crippen LogP contribution >= 0.6 is 0 Å². The minimum absolute atomic E-state index is 0.171. The zero-order valence-corrected chi connectivity index (χ0v) is 16.9. The van der Waals surface area contributed by atoms with E-state index in [9.17, 15) is 24.3 Å².